The molecule has 1 heterocycles. The molecule has 0 N–H and O–H groups in total. The van der Waals surface area contributed by atoms with Gasteiger partial charge >= 0.3 is 0 Å². The van der Waals surface area contributed by atoms with E-state index in [2.05, 4.69) is 24.0 Å². The second kappa shape index (κ2) is 5.64. The molecule has 0 saturated heterocycles. The van der Waals surface area contributed by atoms with E-state index in [-0.39, 0.29) is 10.6 Å². The van der Waals surface area contributed by atoms with Crippen LogP contribution in [0.5, 0.6) is 0 Å². The molecule has 0 radical (unpaired) electrons. The van der Waals surface area contributed by atoms with Crippen LogP contribution in [-0.4, -0.2) is 23.2 Å². The summed E-state index contributed by atoms with van der Waals surface area (Å²) in [6.45, 7) is 6.79. The number of hydrogen-bond donors (Lipinski definition) is 0. The number of rotatable bonds is 5. The summed E-state index contributed by atoms with van der Waals surface area (Å²) in [7, 11) is 1.61. The first-order chi connectivity index (χ1) is 9.30. The SMILES string of the molecule is CCn1c(C2(CC(C)C)CCCC2)nnc1S(=O)(=O)Cl. The first-order valence-corrected chi connectivity index (χ1v) is 9.49. The average Bonchev–Trinajstić information content (AvgIpc) is 2.92. The van der Waals surface area contributed by atoms with Gasteiger partial charge in [0.1, 0.15) is 5.82 Å². The van der Waals surface area contributed by atoms with Gasteiger partial charge in [-0.25, -0.2) is 8.42 Å². The highest BCUT2D eigenvalue weighted by atomic mass is 35.7. The predicted octanol–water partition coefficient (Wildman–Crippen LogP) is 3.08. The van der Waals surface area contributed by atoms with Gasteiger partial charge < -0.3 is 4.57 Å². The first-order valence-electron chi connectivity index (χ1n) is 7.18. The van der Waals surface area contributed by atoms with Crippen molar-refractivity contribution >= 4 is 19.7 Å². The molecule has 1 aromatic heterocycles. The van der Waals surface area contributed by atoms with E-state index < -0.39 is 9.05 Å². The van der Waals surface area contributed by atoms with Crippen molar-refractivity contribution < 1.29 is 8.42 Å². The Balaban J connectivity index is 2.53. The number of halogens is 1. The Kier molecular flexibility index (Phi) is 4.44. The highest BCUT2D eigenvalue weighted by Crippen LogP contribution is 2.45. The van der Waals surface area contributed by atoms with Crippen LogP contribution in [0.4, 0.5) is 0 Å². The maximum absolute atomic E-state index is 11.6. The standard InChI is InChI=1S/C13H22ClN3O2S/c1-4-17-11(15-16-12(17)20(14,18)19)13(9-10(2)3)7-5-6-8-13/h10H,4-9H2,1-3H3. The van der Waals surface area contributed by atoms with E-state index in [4.69, 9.17) is 10.7 Å². The maximum atomic E-state index is 11.6. The summed E-state index contributed by atoms with van der Waals surface area (Å²) in [6, 6.07) is 0. The topological polar surface area (TPSA) is 64.8 Å². The molecule has 0 bridgehead atoms. The van der Waals surface area contributed by atoms with Crippen molar-refractivity contribution in [1.82, 2.24) is 14.8 Å². The Labute approximate surface area is 125 Å². The number of nitrogens with zero attached hydrogens (tertiary/aromatic N) is 3. The largest absolute Gasteiger partial charge is 0.301 e. The third-order valence-electron chi connectivity index (χ3n) is 4.09. The molecule has 1 aromatic rings. The predicted molar refractivity (Wildman–Crippen MR) is 78.3 cm³/mol. The van der Waals surface area contributed by atoms with Crippen LogP contribution in [0.25, 0.3) is 0 Å². The molecular formula is C13H22ClN3O2S. The van der Waals surface area contributed by atoms with E-state index in [1.165, 1.54) is 0 Å². The second-order valence-electron chi connectivity index (χ2n) is 6.07. The van der Waals surface area contributed by atoms with E-state index in [0.717, 1.165) is 37.9 Å². The van der Waals surface area contributed by atoms with Crippen LogP contribution in [-0.2, 0) is 21.0 Å². The molecule has 0 amide bonds. The van der Waals surface area contributed by atoms with E-state index in [1.54, 1.807) is 4.57 Å². The van der Waals surface area contributed by atoms with Crippen LogP contribution >= 0.6 is 10.7 Å². The van der Waals surface area contributed by atoms with Crippen LogP contribution in [0.3, 0.4) is 0 Å². The molecule has 20 heavy (non-hydrogen) atoms. The van der Waals surface area contributed by atoms with Crippen LogP contribution in [0.15, 0.2) is 5.16 Å². The summed E-state index contributed by atoms with van der Waals surface area (Å²) in [6.07, 6.45) is 5.42. The lowest BCUT2D eigenvalue weighted by Crippen LogP contribution is -2.29. The summed E-state index contributed by atoms with van der Waals surface area (Å²) in [4.78, 5) is 0. The minimum atomic E-state index is -3.85. The van der Waals surface area contributed by atoms with E-state index in [9.17, 15) is 8.42 Å². The van der Waals surface area contributed by atoms with Gasteiger partial charge in [0.2, 0.25) is 0 Å². The van der Waals surface area contributed by atoms with Gasteiger partial charge in [-0.2, -0.15) is 0 Å². The first kappa shape index (κ1) is 15.8. The summed E-state index contributed by atoms with van der Waals surface area (Å²) in [5.74, 6) is 1.33. The van der Waals surface area contributed by atoms with Crippen molar-refractivity contribution in [3.05, 3.63) is 5.82 Å². The van der Waals surface area contributed by atoms with Crippen LogP contribution in [0.1, 0.15) is 58.7 Å². The Morgan fingerprint density at radius 2 is 1.90 bits per heavy atom. The third-order valence-corrected chi connectivity index (χ3v) is 5.24. The Morgan fingerprint density at radius 1 is 1.30 bits per heavy atom. The zero-order valence-electron chi connectivity index (χ0n) is 12.3. The van der Waals surface area contributed by atoms with Crippen molar-refractivity contribution in [2.24, 2.45) is 5.92 Å². The highest BCUT2D eigenvalue weighted by Gasteiger charge is 2.41. The fourth-order valence-electron chi connectivity index (χ4n) is 3.50. The lowest BCUT2D eigenvalue weighted by molar-refractivity contribution is 0.315. The molecule has 0 aromatic carbocycles. The lowest BCUT2D eigenvalue weighted by atomic mass is 9.77. The number of hydrogen-bond acceptors (Lipinski definition) is 4. The zero-order chi connectivity index (χ0) is 15.0. The molecule has 0 atom stereocenters. The minimum Gasteiger partial charge on any atom is -0.301 e. The molecule has 1 aliphatic rings. The summed E-state index contributed by atoms with van der Waals surface area (Å²) >= 11 is 0. The van der Waals surface area contributed by atoms with Crippen molar-refractivity contribution in [1.29, 1.82) is 0 Å². The molecule has 2 rings (SSSR count). The fraction of sp³-hybridized carbons (Fsp3) is 0.846. The Morgan fingerprint density at radius 3 is 2.35 bits per heavy atom. The van der Waals surface area contributed by atoms with Crippen molar-refractivity contribution in [3.63, 3.8) is 0 Å². The van der Waals surface area contributed by atoms with Gasteiger partial charge in [-0.1, -0.05) is 26.7 Å². The smallest absolute Gasteiger partial charge is 0.296 e. The van der Waals surface area contributed by atoms with Crippen molar-refractivity contribution in [3.8, 4) is 0 Å². The molecule has 5 nitrogen and oxygen atoms in total. The number of aromatic nitrogens is 3. The van der Waals surface area contributed by atoms with Crippen LogP contribution in [0.2, 0.25) is 0 Å². The average molecular weight is 320 g/mol. The Hall–Kier alpha value is -0.620. The van der Waals surface area contributed by atoms with E-state index >= 15 is 0 Å². The van der Waals surface area contributed by atoms with E-state index in [0.29, 0.717) is 12.5 Å². The maximum Gasteiger partial charge on any atom is 0.296 e. The molecular weight excluding hydrogens is 298 g/mol. The fourth-order valence-corrected chi connectivity index (χ4v) is 4.46. The Bertz CT molecular complexity index is 574. The monoisotopic (exact) mass is 319 g/mol. The lowest BCUT2D eigenvalue weighted by Gasteiger charge is -2.30. The summed E-state index contributed by atoms with van der Waals surface area (Å²) in [5, 5.41) is 7.94. The highest BCUT2D eigenvalue weighted by molar-refractivity contribution is 8.13. The van der Waals surface area contributed by atoms with Gasteiger partial charge in [0.25, 0.3) is 14.2 Å². The molecule has 0 aliphatic heterocycles. The van der Waals surface area contributed by atoms with Gasteiger partial charge in [0, 0.05) is 22.6 Å². The van der Waals surface area contributed by atoms with Gasteiger partial charge in [-0.05, 0) is 32.1 Å². The molecule has 0 unspecified atom stereocenters. The molecule has 114 valence electrons. The van der Waals surface area contributed by atoms with Crippen molar-refractivity contribution in [2.45, 2.75) is 70.0 Å². The normalized spacial score (nSPS) is 18.9. The van der Waals surface area contributed by atoms with E-state index in [1.807, 2.05) is 6.92 Å². The van der Waals surface area contributed by atoms with Gasteiger partial charge in [-0.15, -0.1) is 10.2 Å². The summed E-state index contributed by atoms with van der Waals surface area (Å²) < 4.78 is 24.9. The van der Waals surface area contributed by atoms with Crippen LogP contribution in [0, 0.1) is 5.92 Å². The van der Waals surface area contributed by atoms with Crippen molar-refractivity contribution in [2.75, 3.05) is 0 Å². The molecule has 1 saturated carbocycles. The minimum absolute atomic E-state index is 0.0446. The third kappa shape index (κ3) is 2.86. The molecule has 1 fully saturated rings. The second-order valence-corrected chi connectivity index (χ2v) is 8.53. The molecule has 7 heteroatoms. The quantitative estimate of drug-likeness (QED) is 0.782. The molecule has 1 aliphatic carbocycles. The van der Waals surface area contributed by atoms with Gasteiger partial charge in [-0.3, -0.25) is 0 Å². The molecule has 0 spiro atoms. The summed E-state index contributed by atoms with van der Waals surface area (Å²) in [5.41, 5.74) is -0.0446. The van der Waals surface area contributed by atoms with Gasteiger partial charge in [0.15, 0.2) is 0 Å². The van der Waals surface area contributed by atoms with Gasteiger partial charge in [0.05, 0.1) is 0 Å². The van der Waals surface area contributed by atoms with Crippen LogP contribution < -0.4 is 0 Å². The zero-order valence-corrected chi connectivity index (χ0v) is 13.8.